The van der Waals surface area contributed by atoms with Crippen molar-refractivity contribution in [1.82, 2.24) is 0 Å². The van der Waals surface area contributed by atoms with Gasteiger partial charge in [0.1, 0.15) is 0 Å². The third-order valence-electron chi connectivity index (χ3n) is 2.88. The van der Waals surface area contributed by atoms with Crippen LogP contribution in [0.4, 0.5) is 5.69 Å². The third kappa shape index (κ3) is 4.48. The average molecular weight is 369 g/mol. The molecule has 0 fully saturated rings. The van der Waals surface area contributed by atoms with E-state index in [2.05, 4.69) is 21.2 Å². The monoisotopic (exact) mass is 367 g/mol. The largest absolute Gasteiger partial charge is 0.462 e. The average Bonchev–Trinajstić information content (AvgIpc) is 2.48. The molecule has 0 spiro atoms. The van der Waals surface area contributed by atoms with Gasteiger partial charge in [-0.15, -0.1) is 0 Å². The molecule has 0 bridgehead atoms. The zero-order chi connectivity index (χ0) is 15.2. The van der Waals surface area contributed by atoms with Crippen molar-refractivity contribution in [1.29, 1.82) is 0 Å². The molecule has 110 valence electrons. The maximum Gasteiger partial charge on any atom is 0.338 e. The summed E-state index contributed by atoms with van der Waals surface area (Å²) in [5.41, 5.74) is 2.57. The van der Waals surface area contributed by atoms with E-state index in [0.717, 1.165) is 20.7 Å². The van der Waals surface area contributed by atoms with Crippen molar-refractivity contribution in [2.24, 2.45) is 0 Å². The first kappa shape index (κ1) is 15.9. The predicted molar refractivity (Wildman–Crippen MR) is 88.9 cm³/mol. The fourth-order valence-electron chi connectivity index (χ4n) is 1.80. The summed E-state index contributed by atoms with van der Waals surface area (Å²) in [6.45, 7) is 2.83. The number of esters is 1. The number of carbonyl (C=O) groups is 1. The van der Waals surface area contributed by atoms with Crippen molar-refractivity contribution in [3.05, 3.63) is 63.1 Å². The van der Waals surface area contributed by atoms with Gasteiger partial charge in [-0.2, -0.15) is 0 Å². The van der Waals surface area contributed by atoms with Crippen LogP contribution in [0.3, 0.4) is 0 Å². The van der Waals surface area contributed by atoms with E-state index in [1.807, 2.05) is 30.3 Å². The van der Waals surface area contributed by atoms with Gasteiger partial charge in [-0.05, 0) is 58.7 Å². The number of hydrogen-bond acceptors (Lipinski definition) is 3. The highest BCUT2D eigenvalue weighted by Crippen LogP contribution is 2.24. The second kappa shape index (κ2) is 7.48. The molecule has 2 rings (SSSR count). The Kier molecular flexibility index (Phi) is 5.65. The summed E-state index contributed by atoms with van der Waals surface area (Å²) in [4.78, 5) is 11.6. The summed E-state index contributed by atoms with van der Waals surface area (Å²) in [6, 6.07) is 13.0. The molecule has 0 atom stereocenters. The molecule has 0 aromatic heterocycles. The predicted octanol–water partition coefficient (Wildman–Crippen LogP) is 4.89. The van der Waals surface area contributed by atoms with Gasteiger partial charge in [0.05, 0.1) is 12.2 Å². The number of halogens is 2. The van der Waals surface area contributed by atoms with Gasteiger partial charge in [-0.1, -0.05) is 23.7 Å². The molecule has 21 heavy (non-hydrogen) atoms. The van der Waals surface area contributed by atoms with Gasteiger partial charge in [-0.25, -0.2) is 4.79 Å². The van der Waals surface area contributed by atoms with Gasteiger partial charge in [0.25, 0.3) is 0 Å². The van der Waals surface area contributed by atoms with Crippen LogP contribution in [0.2, 0.25) is 5.02 Å². The minimum atomic E-state index is -0.317. The van der Waals surface area contributed by atoms with Gasteiger partial charge in [0, 0.05) is 21.7 Å². The van der Waals surface area contributed by atoms with Crippen molar-refractivity contribution in [3.8, 4) is 0 Å². The Labute approximate surface area is 137 Å². The fourth-order valence-corrected chi connectivity index (χ4v) is 2.44. The van der Waals surface area contributed by atoms with Crippen LogP contribution < -0.4 is 5.32 Å². The lowest BCUT2D eigenvalue weighted by Gasteiger charge is -2.10. The van der Waals surface area contributed by atoms with E-state index < -0.39 is 0 Å². The zero-order valence-electron chi connectivity index (χ0n) is 11.5. The van der Waals surface area contributed by atoms with Gasteiger partial charge in [0.15, 0.2) is 0 Å². The van der Waals surface area contributed by atoms with Gasteiger partial charge >= 0.3 is 5.97 Å². The van der Waals surface area contributed by atoms with Crippen molar-refractivity contribution in [2.45, 2.75) is 13.5 Å². The minimum absolute atomic E-state index is 0.317. The van der Waals surface area contributed by atoms with Crippen molar-refractivity contribution in [3.63, 3.8) is 0 Å². The summed E-state index contributed by atoms with van der Waals surface area (Å²) in [7, 11) is 0. The summed E-state index contributed by atoms with van der Waals surface area (Å²) in [6.07, 6.45) is 0. The van der Waals surface area contributed by atoms with Crippen LogP contribution in [0.15, 0.2) is 46.9 Å². The van der Waals surface area contributed by atoms with Crippen LogP contribution in [-0.2, 0) is 11.3 Å². The fraction of sp³-hybridized carbons (Fsp3) is 0.188. The highest BCUT2D eigenvalue weighted by Gasteiger charge is 2.09. The molecule has 0 unspecified atom stereocenters. The van der Waals surface area contributed by atoms with Crippen molar-refractivity contribution in [2.75, 3.05) is 11.9 Å². The number of nitrogens with one attached hydrogen (secondary N) is 1. The van der Waals surface area contributed by atoms with Gasteiger partial charge in [-0.3, -0.25) is 0 Å². The molecular weight excluding hydrogens is 354 g/mol. The molecule has 5 heteroatoms. The Bertz CT molecular complexity index is 629. The maximum atomic E-state index is 11.6. The molecule has 0 aliphatic carbocycles. The van der Waals surface area contributed by atoms with Crippen LogP contribution in [0, 0.1) is 0 Å². The summed E-state index contributed by atoms with van der Waals surface area (Å²) in [5.74, 6) is -0.317. The SMILES string of the molecule is CCOC(=O)c1ccc(NCc2ccc(Cl)cc2)c(Br)c1. The maximum absolute atomic E-state index is 11.6. The summed E-state index contributed by atoms with van der Waals surface area (Å²) >= 11 is 9.32. The molecule has 2 aromatic rings. The van der Waals surface area contributed by atoms with E-state index in [-0.39, 0.29) is 5.97 Å². The molecule has 0 aliphatic heterocycles. The smallest absolute Gasteiger partial charge is 0.338 e. The van der Waals surface area contributed by atoms with E-state index in [0.29, 0.717) is 18.7 Å². The molecular formula is C16H15BrClNO2. The molecule has 1 N–H and O–H groups in total. The van der Waals surface area contributed by atoms with Crippen molar-refractivity contribution >= 4 is 39.2 Å². The van der Waals surface area contributed by atoms with Crippen LogP contribution in [0.5, 0.6) is 0 Å². The first-order valence-electron chi connectivity index (χ1n) is 6.55. The number of rotatable bonds is 5. The molecule has 0 heterocycles. The Balaban J connectivity index is 2.04. The molecule has 0 radical (unpaired) electrons. The van der Waals surface area contributed by atoms with Gasteiger partial charge in [0.2, 0.25) is 0 Å². The second-order valence-corrected chi connectivity index (χ2v) is 5.69. The molecule has 0 amide bonds. The zero-order valence-corrected chi connectivity index (χ0v) is 13.9. The molecule has 0 saturated heterocycles. The number of anilines is 1. The first-order valence-corrected chi connectivity index (χ1v) is 7.72. The van der Waals surface area contributed by atoms with E-state index in [1.165, 1.54) is 0 Å². The Morgan fingerprint density at radius 3 is 2.57 bits per heavy atom. The molecule has 2 aromatic carbocycles. The lowest BCUT2D eigenvalue weighted by molar-refractivity contribution is 0.0526. The van der Waals surface area contributed by atoms with Gasteiger partial charge < -0.3 is 10.1 Å². The Hall–Kier alpha value is -1.52. The van der Waals surface area contributed by atoms with E-state index >= 15 is 0 Å². The van der Waals surface area contributed by atoms with E-state index in [1.54, 1.807) is 19.1 Å². The number of carbonyl (C=O) groups excluding carboxylic acids is 1. The summed E-state index contributed by atoms with van der Waals surface area (Å²) < 4.78 is 5.79. The van der Waals surface area contributed by atoms with Crippen LogP contribution >= 0.6 is 27.5 Å². The number of hydrogen-bond donors (Lipinski definition) is 1. The second-order valence-electron chi connectivity index (χ2n) is 4.40. The topological polar surface area (TPSA) is 38.3 Å². The molecule has 3 nitrogen and oxygen atoms in total. The number of ether oxygens (including phenoxy) is 1. The summed E-state index contributed by atoms with van der Waals surface area (Å²) in [5, 5.41) is 4.03. The highest BCUT2D eigenvalue weighted by atomic mass is 79.9. The lowest BCUT2D eigenvalue weighted by Crippen LogP contribution is -2.05. The Morgan fingerprint density at radius 2 is 1.95 bits per heavy atom. The van der Waals surface area contributed by atoms with E-state index in [9.17, 15) is 4.79 Å². The van der Waals surface area contributed by atoms with E-state index in [4.69, 9.17) is 16.3 Å². The Morgan fingerprint density at radius 1 is 1.24 bits per heavy atom. The molecule has 0 aliphatic rings. The van der Waals surface area contributed by atoms with Crippen LogP contribution in [0.25, 0.3) is 0 Å². The first-order chi connectivity index (χ1) is 10.1. The quantitative estimate of drug-likeness (QED) is 0.764. The third-order valence-corrected chi connectivity index (χ3v) is 3.78. The normalized spacial score (nSPS) is 10.2. The van der Waals surface area contributed by atoms with Crippen LogP contribution in [0.1, 0.15) is 22.8 Å². The standard InChI is InChI=1S/C16H15BrClNO2/c1-2-21-16(20)12-5-8-15(14(17)9-12)19-10-11-3-6-13(18)7-4-11/h3-9,19H,2,10H2,1H3. The van der Waals surface area contributed by atoms with Crippen LogP contribution in [-0.4, -0.2) is 12.6 Å². The molecule has 0 saturated carbocycles. The van der Waals surface area contributed by atoms with Crippen molar-refractivity contribution < 1.29 is 9.53 Å². The minimum Gasteiger partial charge on any atom is -0.462 e. The lowest BCUT2D eigenvalue weighted by atomic mass is 10.2. The highest BCUT2D eigenvalue weighted by molar-refractivity contribution is 9.10. The number of benzene rings is 2.